The fraction of sp³-hybridized carbons (Fsp3) is 0. The molecule has 13 aromatic rings. The molecule has 0 amide bonds. The molecule has 318 valence electrons. The number of benzene rings is 9. The summed E-state index contributed by atoms with van der Waals surface area (Å²) >= 11 is 0. The van der Waals surface area contributed by atoms with Crippen LogP contribution in [0.25, 0.3) is 123 Å². The maximum absolute atomic E-state index is 5.42. The summed E-state index contributed by atoms with van der Waals surface area (Å²) in [6.07, 6.45) is 0. The van der Waals surface area contributed by atoms with E-state index in [1.54, 1.807) is 0 Å². The van der Waals surface area contributed by atoms with Crippen molar-refractivity contribution in [2.24, 2.45) is 0 Å². The maximum atomic E-state index is 5.42. The van der Waals surface area contributed by atoms with Gasteiger partial charge in [0.05, 0.1) is 39.1 Å². The minimum absolute atomic E-state index is 0.547. The monoisotopic (exact) mass is 869 g/mol. The minimum atomic E-state index is 0.547. The van der Waals surface area contributed by atoms with Gasteiger partial charge in [-0.3, -0.25) is 0 Å². The molecule has 0 spiro atoms. The Morgan fingerprint density at radius 1 is 0.250 bits per heavy atom. The molecule has 7 heteroatoms. The van der Waals surface area contributed by atoms with Crippen molar-refractivity contribution in [1.29, 1.82) is 0 Å². The van der Waals surface area contributed by atoms with E-state index in [2.05, 4.69) is 149 Å². The largest absolute Gasteiger partial charge is 0.309 e. The van der Waals surface area contributed by atoms with Crippen LogP contribution in [0.3, 0.4) is 0 Å². The first-order chi connectivity index (χ1) is 33.7. The molecule has 68 heavy (non-hydrogen) atoms. The van der Waals surface area contributed by atoms with Crippen LogP contribution in [-0.2, 0) is 0 Å². The molecule has 0 aliphatic rings. The SMILES string of the molecule is c1ccc(-c2cc(-c3ccccc3)nc(-c3cc(-c4nc(-c5ccccc5)nc(-c5ccccc5)n4)ccc3-n3c4ccccc4c4cc(-n5c6ccccc6c6ccccc65)ccc43)n2)cc1. The fourth-order valence-electron chi connectivity index (χ4n) is 9.63. The van der Waals surface area contributed by atoms with E-state index in [-0.39, 0.29) is 0 Å². The van der Waals surface area contributed by atoms with Crippen LogP contribution >= 0.6 is 0 Å². The van der Waals surface area contributed by atoms with Gasteiger partial charge < -0.3 is 9.13 Å². The lowest BCUT2D eigenvalue weighted by Crippen LogP contribution is -2.04. The third-order valence-electron chi connectivity index (χ3n) is 12.8. The molecular weight excluding hydrogens is 831 g/mol. The number of hydrogen-bond acceptors (Lipinski definition) is 5. The maximum Gasteiger partial charge on any atom is 0.164 e. The Balaban J connectivity index is 1.08. The van der Waals surface area contributed by atoms with E-state index >= 15 is 0 Å². The molecule has 0 saturated heterocycles. The van der Waals surface area contributed by atoms with Gasteiger partial charge in [0.25, 0.3) is 0 Å². The van der Waals surface area contributed by atoms with Gasteiger partial charge in [-0.1, -0.05) is 176 Å². The summed E-state index contributed by atoms with van der Waals surface area (Å²) in [5.74, 6) is 2.31. The zero-order valence-electron chi connectivity index (χ0n) is 36.6. The smallest absolute Gasteiger partial charge is 0.164 e. The zero-order chi connectivity index (χ0) is 45.0. The van der Waals surface area contributed by atoms with E-state index in [4.69, 9.17) is 24.9 Å². The molecule has 9 aromatic carbocycles. The normalized spacial score (nSPS) is 11.5. The number of fused-ring (bicyclic) bond motifs is 6. The third-order valence-corrected chi connectivity index (χ3v) is 12.8. The van der Waals surface area contributed by atoms with Crippen molar-refractivity contribution < 1.29 is 0 Å². The number of hydrogen-bond donors (Lipinski definition) is 0. The van der Waals surface area contributed by atoms with Crippen LogP contribution in [0.2, 0.25) is 0 Å². The van der Waals surface area contributed by atoms with Gasteiger partial charge in [-0.25, -0.2) is 24.9 Å². The van der Waals surface area contributed by atoms with Crippen LogP contribution in [0, 0.1) is 0 Å². The quantitative estimate of drug-likeness (QED) is 0.152. The molecule has 0 bridgehead atoms. The summed E-state index contributed by atoms with van der Waals surface area (Å²) in [5.41, 5.74) is 13.6. The lowest BCUT2D eigenvalue weighted by molar-refractivity contribution is 1.07. The van der Waals surface area contributed by atoms with Crippen molar-refractivity contribution in [3.8, 4) is 79.4 Å². The van der Waals surface area contributed by atoms with Crippen molar-refractivity contribution >= 4 is 43.6 Å². The van der Waals surface area contributed by atoms with E-state index in [9.17, 15) is 0 Å². The number of nitrogens with zero attached hydrogens (tertiary/aromatic N) is 7. The number of para-hydroxylation sites is 3. The van der Waals surface area contributed by atoms with Gasteiger partial charge in [-0.2, -0.15) is 0 Å². The van der Waals surface area contributed by atoms with Gasteiger partial charge in [0.2, 0.25) is 0 Å². The molecule has 0 unspecified atom stereocenters. The number of rotatable bonds is 8. The van der Waals surface area contributed by atoms with Crippen LogP contribution in [0.1, 0.15) is 0 Å². The van der Waals surface area contributed by atoms with Crippen LogP contribution in [0.15, 0.2) is 237 Å². The van der Waals surface area contributed by atoms with Gasteiger partial charge in [0.1, 0.15) is 0 Å². The summed E-state index contributed by atoms with van der Waals surface area (Å²) < 4.78 is 4.74. The van der Waals surface area contributed by atoms with Crippen LogP contribution in [-0.4, -0.2) is 34.1 Å². The van der Waals surface area contributed by atoms with Crippen molar-refractivity contribution in [1.82, 2.24) is 34.1 Å². The Kier molecular flexibility index (Phi) is 9.35. The highest BCUT2D eigenvalue weighted by molar-refractivity contribution is 6.12. The van der Waals surface area contributed by atoms with Crippen LogP contribution in [0.5, 0.6) is 0 Å². The van der Waals surface area contributed by atoms with Gasteiger partial charge in [-0.05, 0) is 60.7 Å². The highest BCUT2D eigenvalue weighted by Gasteiger charge is 2.22. The third kappa shape index (κ3) is 6.72. The summed E-state index contributed by atoms with van der Waals surface area (Å²) in [5, 5.41) is 4.73. The molecule has 4 aromatic heterocycles. The molecule has 0 atom stereocenters. The van der Waals surface area contributed by atoms with Gasteiger partial charge in [0, 0.05) is 60.6 Å². The predicted molar refractivity (Wildman–Crippen MR) is 277 cm³/mol. The molecule has 4 heterocycles. The Labute approximate surface area is 392 Å². The van der Waals surface area contributed by atoms with Crippen molar-refractivity contribution in [2.75, 3.05) is 0 Å². The molecule has 13 rings (SSSR count). The molecule has 0 aliphatic carbocycles. The summed E-state index contributed by atoms with van der Waals surface area (Å²) in [6, 6.07) is 82.1. The second-order valence-corrected chi connectivity index (χ2v) is 16.9. The molecule has 0 saturated carbocycles. The molecular formula is C61H39N7. The van der Waals surface area contributed by atoms with E-state index in [0.29, 0.717) is 23.3 Å². The standard InChI is InChI=1S/C61H39N7/c1-5-19-40(20-6-1)51-39-52(41-21-7-2-8-22-41)63-61(62-51)50-37-44(60-65-58(42-23-9-3-10-24-42)64-59(66-60)43-25-11-4-12-26-43)33-35-57(50)68-55-32-18-15-29-48(55)49-38-45(34-36-56(49)68)67-53-30-16-13-27-46(53)47-28-14-17-31-54(47)67/h1-39H. The number of aromatic nitrogens is 7. The van der Waals surface area contributed by atoms with E-state index in [0.717, 1.165) is 77.9 Å². The van der Waals surface area contributed by atoms with Crippen molar-refractivity contribution in [3.05, 3.63) is 237 Å². The first-order valence-electron chi connectivity index (χ1n) is 22.8. The molecule has 0 radical (unpaired) electrons. The Morgan fingerprint density at radius 3 is 1.18 bits per heavy atom. The van der Waals surface area contributed by atoms with Crippen molar-refractivity contribution in [2.45, 2.75) is 0 Å². The molecule has 0 N–H and O–H groups in total. The summed E-state index contributed by atoms with van der Waals surface area (Å²) in [7, 11) is 0. The highest BCUT2D eigenvalue weighted by Crippen LogP contribution is 2.41. The molecule has 0 fully saturated rings. The molecule has 0 aliphatic heterocycles. The van der Waals surface area contributed by atoms with Gasteiger partial charge >= 0.3 is 0 Å². The summed E-state index contributed by atoms with van der Waals surface area (Å²) in [6.45, 7) is 0. The Hall–Kier alpha value is -9.33. The Bertz CT molecular complexity index is 3840. The second kappa shape index (κ2) is 16.3. The summed E-state index contributed by atoms with van der Waals surface area (Å²) in [4.78, 5) is 26.2. The van der Waals surface area contributed by atoms with Crippen LogP contribution < -0.4 is 0 Å². The fourth-order valence-corrected chi connectivity index (χ4v) is 9.63. The van der Waals surface area contributed by atoms with Crippen molar-refractivity contribution in [3.63, 3.8) is 0 Å². The first kappa shape index (κ1) is 39.1. The molecule has 7 nitrogen and oxygen atoms in total. The predicted octanol–water partition coefficient (Wildman–Crippen LogP) is 14.9. The van der Waals surface area contributed by atoms with E-state index < -0.39 is 0 Å². The van der Waals surface area contributed by atoms with Crippen LogP contribution in [0.4, 0.5) is 0 Å². The van der Waals surface area contributed by atoms with Gasteiger partial charge in [0.15, 0.2) is 23.3 Å². The zero-order valence-corrected chi connectivity index (χ0v) is 36.6. The van der Waals surface area contributed by atoms with E-state index in [1.165, 1.54) is 21.8 Å². The average molecular weight is 870 g/mol. The lowest BCUT2D eigenvalue weighted by Gasteiger charge is -2.17. The first-order valence-corrected chi connectivity index (χ1v) is 22.8. The lowest BCUT2D eigenvalue weighted by atomic mass is 10.0. The van der Waals surface area contributed by atoms with E-state index in [1.807, 2.05) is 97.1 Å². The minimum Gasteiger partial charge on any atom is -0.309 e. The Morgan fingerprint density at radius 2 is 0.662 bits per heavy atom. The topological polar surface area (TPSA) is 74.3 Å². The second-order valence-electron chi connectivity index (χ2n) is 16.9. The van der Waals surface area contributed by atoms with Gasteiger partial charge in [-0.15, -0.1) is 0 Å². The highest BCUT2D eigenvalue weighted by atomic mass is 15.0. The average Bonchev–Trinajstić information content (AvgIpc) is 3.94.